The first kappa shape index (κ1) is 22.2. The van der Waals surface area contributed by atoms with Crippen LogP contribution in [-0.4, -0.2) is 30.0 Å². The van der Waals surface area contributed by atoms with Crippen molar-refractivity contribution in [2.45, 2.75) is 18.6 Å². The van der Waals surface area contributed by atoms with Crippen molar-refractivity contribution in [3.8, 4) is 11.3 Å². The Morgan fingerprint density at radius 2 is 1.88 bits per heavy atom. The Labute approximate surface area is 186 Å². The predicted molar refractivity (Wildman–Crippen MR) is 114 cm³/mol. The number of alkyl halides is 3. The molecule has 0 aliphatic carbocycles. The van der Waals surface area contributed by atoms with Crippen molar-refractivity contribution in [2.24, 2.45) is 0 Å². The normalized spacial score (nSPS) is 12.5. The van der Waals surface area contributed by atoms with Gasteiger partial charge in [-0.3, -0.25) is 4.79 Å². The number of hydrogen-bond acceptors (Lipinski definition) is 4. The number of esters is 1. The molecule has 0 aliphatic heterocycles. The number of halogens is 3. The number of rotatable bonds is 6. The summed E-state index contributed by atoms with van der Waals surface area (Å²) in [5.41, 5.74) is 1.05. The standard InChI is InChI=1S/C24H19F3N2O4/c1-32-23(31)19(12-15-13-28-18-8-3-2-7-17(15)18)29-22(30)21-10-9-20(33-21)14-5-4-6-16(11-14)24(25,26)27/h2-11,13,19,28H,12H2,1H3,(H,29,30). The van der Waals surface area contributed by atoms with Crippen LogP contribution in [0.15, 0.2) is 71.3 Å². The van der Waals surface area contributed by atoms with E-state index < -0.39 is 29.7 Å². The van der Waals surface area contributed by atoms with Crippen LogP contribution in [0.2, 0.25) is 0 Å². The maximum absolute atomic E-state index is 13.0. The first-order valence-electron chi connectivity index (χ1n) is 9.97. The van der Waals surface area contributed by atoms with Crippen LogP contribution in [0, 0.1) is 0 Å². The number of para-hydroxylation sites is 1. The maximum Gasteiger partial charge on any atom is 0.416 e. The highest BCUT2D eigenvalue weighted by molar-refractivity contribution is 5.95. The number of hydrogen-bond donors (Lipinski definition) is 2. The van der Waals surface area contributed by atoms with Crippen molar-refractivity contribution in [2.75, 3.05) is 7.11 Å². The second-order valence-corrected chi connectivity index (χ2v) is 7.36. The molecular weight excluding hydrogens is 437 g/mol. The van der Waals surface area contributed by atoms with Gasteiger partial charge in [0.2, 0.25) is 0 Å². The molecule has 170 valence electrons. The molecule has 0 saturated carbocycles. The second-order valence-electron chi connectivity index (χ2n) is 7.36. The van der Waals surface area contributed by atoms with Gasteiger partial charge in [-0.25, -0.2) is 4.79 Å². The van der Waals surface area contributed by atoms with Crippen LogP contribution in [0.5, 0.6) is 0 Å². The van der Waals surface area contributed by atoms with Crippen molar-refractivity contribution < 1.29 is 31.9 Å². The molecule has 1 atom stereocenters. The number of H-pyrrole nitrogens is 1. The van der Waals surface area contributed by atoms with Gasteiger partial charge in [0, 0.05) is 29.1 Å². The van der Waals surface area contributed by atoms with Gasteiger partial charge in [-0.05, 0) is 35.9 Å². The van der Waals surface area contributed by atoms with Crippen molar-refractivity contribution in [1.29, 1.82) is 0 Å². The highest BCUT2D eigenvalue weighted by Gasteiger charge is 2.31. The van der Waals surface area contributed by atoms with Crippen LogP contribution in [-0.2, 0) is 22.1 Å². The van der Waals surface area contributed by atoms with Gasteiger partial charge in [-0.2, -0.15) is 13.2 Å². The maximum atomic E-state index is 13.0. The smallest absolute Gasteiger partial charge is 0.416 e. The largest absolute Gasteiger partial charge is 0.467 e. The Morgan fingerprint density at radius 1 is 1.09 bits per heavy atom. The molecule has 1 amide bonds. The van der Waals surface area contributed by atoms with E-state index in [1.807, 2.05) is 24.3 Å². The van der Waals surface area contributed by atoms with Gasteiger partial charge in [-0.15, -0.1) is 0 Å². The number of aromatic amines is 1. The minimum absolute atomic E-state index is 0.0949. The summed E-state index contributed by atoms with van der Waals surface area (Å²) in [5.74, 6) is -1.38. The van der Waals surface area contributed by atoms with Crippen LogP contribution < -0.4 is 5.32 Å². The highest BCUT2D eigenvalue weighted by atomic mass is 19.4. The van der Waals surface area contributed by atoms with E-state index in [0.29, 0.717) is 0 Å². The van der Waals surface area contributed by atoms with Gasteiger partial charge >= 0.3 is 12.1 Å². The summed E-state index contributed by atoms with van der Waals surface area (Å²) >= 11 is 0. The number of amides is 1. The minimum Gasteiger partial charge on any atom is -0.467 e. The molecule has 2 aromatic heterocycles. The lowest BCUT2D eigenvalue weighted by molar-refractivity contribution is -0.142. The Hall–Kier alpha value is -4.01. The van der Waals surface area contributed by atoms with E-state index >= 15 is 0 Å². The quantitative estimate of drug-likeness (QED) is 0.402. The zero-order valence-electron chi connectivity index (χ0n) is 17.4. The number of methoxy groups -OCH3 is 1. The van der Waals surface area contributed by atoms with Gasteiger partial charge < -0.3 is 19.5 Å². The third-order valence-corrected chi connectivity index (χ3v) is 5.19. The second kappa shape index (κ2) is 8.85. The third-order valence-electron chi connectivity index (χ3n) is 5.19. The Bertz CT molecular complexity index is 1310. The number of aromatic nitrogens is 1. The van der Waals surface area contributed by atoms with Crippen molar-refractivity contribution in [3.05, 3.63) is 83.7 Å². The zero-order chi connectivity index (χ0) is 23.6. The first-order chi connectivity index (χ1) is 15.8. The molecule has 2 N–H and O–H groups in total. The Balaban J connectivity index is 1.53. The molecule has 6 nitrogen and oxygen atoms in total. The lowest BCUT2D eigenvalue weighted by Gasteiger charge is -2.15. The van der Waals surface area contributed by atoms with Gasteiger partial charge in [0.05, 0.1) is 12.7 Å². The fourth-order valence-corrected chi connectivity index (χ4v) is 3.55. The van der Waals surface area contributed by atoms with E-state index in [-0.39, 0.29) is 23.5 Å². The molecule has 0 bridgehead atoms. The van der Waals surface area contributed by atoms with E-state index in [1.54, 1.807) is 6.20 Å². The monoisotopic (exact) mass is 456 g/mol. The average Bonchev–Trinajstić information content (AvgIpc) is 3.45. The first-order valence-corrected chi connectivity index (χ1v) is 9.97. The zero-order valence-corrected chi connectivity index (χ0v) is 17.4. The summed E-state index contributed by atoms with van der Waals surface area (Å²) in [6, 6.07) is 13.9. The lowest BCUT2D eigenvalue weighted by atomic mass is 10.0. The molecule has 0 saturated heterocycles. The molecule has 0 radical (unpaired) electrons. The molecule has 0 fully saturated rings. The Morgan fingerprint density at radius 3 is 2.64 bits per heavy atom. The minimum atomic E-state index is -4.50. The molecule has 4 aromatic rings. The summed E-state index contributed by atoms with van der Waals surface area (Å²) in [7, 11) is 1.22. The van der Waals surface area contributed by atoms with Crippen molar-refractivity contribution in [1.82, 2.24) is 10.3 Å². The van der Waals surface area contributed by atoms with Crippen molar-refractivity contribution in [3.63, 3.8) is 0 Å². The van der Waals surface area contributed by atoms with E-state index in [2.05, 4.69) is 10.3 Å². The number of fused-ring (bicyclic) bond motifs is 1. The fraction of sp³-hybridized carbons (Fsp3) is 0.167. The predicted octanol–water partition coefficient (Wildman–Crippen LogP) is 4.96. The number of carbonyl (C=O) groups excluding carboxylic acids is 2. The number of benzene rings is 2. The van der Waals surface area contributed by atoms with E-state index in [9.17, 15) is 22.8 Å². The number of carbonyl (C=O) groups is 2. The fourth-order valence-electron chi connectivity index (χ4n) is 3.55. The molecule has 2 heterocycles. The van der Waals surface area contributed by atoms with Crippen LogP contribution in [0.25, 0.3) is 22.2 Å². The molecule has 2 aromatic carbocycles. The SMILES string of the molecule is COC(=O)C(Cc1c[nH]c2ccccc12)NC(=O)c1ccc(-c2cccc(C(F)(F)F)c2)o1. The summed E-state index contributed by atoms with van der Waals surface area (Å²) < 4.78 is 49.3. The lowest BCUT2D eigenvalue weighted by Crippen LogP contribution is -2.42. The van der Waals surface area contributed by atoms with Gasteiger partial charge in [0.1, 0.15) is 11.8 Å². The molecule has 0 aliphatic rings. The number of ether oxygens (including phenoxy) is 1. The summed E-state index contributed by atoms with van der Waals surface area (Å²) in [6.45, 7) is 0. The third kappa shape index (κ3) is 4.77. The summed E-state index contributed by atoms with van der Waals surface area (Å²) in [6.07, 6.45) is -2.58. The topological polar surface area (TPSA) is 84.3 Å². The molecule has 4 rings (SSSR count). The van der Waals surface area contributed by atoms with Crippen molar-refractivity contribution >= 4 is 22.8 Å². The van der Waals surface area contributed by atoms with E-state index in [0.717, 1.165) is 28.6 Å². The molecule has 1 unspecified atom stereocenters. The van der Waals surface area contributed by atoms with Gasteiger partial charge in [0.25, 0.3) is 5.91 Å². The molecular formula is C24H19F3N2O4. The average molecular weight is 456 g/mol. The van der Waals surface area contributed by atoms with Crippen LogP contribution in [0.3, 0.4) is 0 Å². The van der Waals surface area contributed by atoms with Crippen LogP contribution >= 0.6 is 0 Å². The Kier molecular flexibility index (Phi) is 5.95. The van der Waals surface area contributed by atoms with Gasteiger partial charge in [0.15, 0.2) is 5.76 Å². The molecule has 0 spiro atoms. The van der Waals surface area contributed by atoms with Gasteiger partial charge in [-0.1, -0.05) is 30.3 Å². The number of furan rings is 1. The van der Waals surface area contributed by atoms with Crippen LogP contribution in [0.1, 0.15) is 21.7 Å². The highest BCUT2D eigenvalue weighted by Crippen LogP contribution is 2.32. The van der Waals surface area contributed by atoms with E-state index in [4.69, 9.17) is 9.15 Å². The summed E-state index contributed by atoms with van der Waals surface area (Å²) in [5, 5.41) is 3.49. The molecule has 9 heteroatoms. The van der Waals surface area contributed by atoms with E-state index in [1.165, 1.54) is 31.4 Å². The van der Waals surface area contributed by atoms with Crippen LogP contribution in [0.4, 0.5) is 13.2 Å². The summed E-state index contributed by atoms with van der Waals surface area (Å²) in [4.78, 5) is 28.2. The number of nitrogens with one attached hydrogen (secondary N) is 2. The molecule has 33 heavy (non-hydrogen) atoms.